The molecule has 0 aliphatic rings. The molecule has 0 unspecified atom stereocenters. The maximum atomic E-state index is 13.9. The fraction of sp³-hybridized carbons (Fsp3) is 0.118. The predicted molar refractivity (Wildman–Crippen MR) is 100 cm³/mol. The Balaban J connectivity index is 1.84. The lowest BCUT2D eigenvalue weighted by Crippen LogP contribution is -2.07. The third kappa shape index (κ3) is 3.43. The molecule has 0 saturated heterocycles. The van der Waals surface area contributed by atoms with Crippen molar-refractivity contribution in [1.29, 1.82) is 0 Å². The van der Waals surface area contributed by atoms with Crippen LogP contribution in [0.4, 0.5) is 10.3 Å². The average molecular weight is 429 g/mol. The van der Waals surface area contributed by atoms with E-state index in [4.69, 9.17) is 23.2 Å². The highest BCUT2D eigenvalue weighted by Gasteiger charge is 2.12. The van der Waals surface area contributed by atoms with Gasteiger partial charge in [-0.05, 0) is 24.3 Å². The summed E-state index contributed by atoms with van der Waals surface area (Å²) in [6, 6.07) is 10.3. The smallest absolute Gasteiger partial charge is 0.203 e. The van der Waals surface area contributed by atoms with Gasteiger partial charge in [0.25, 0.3) is 0 Å². The van der Waals surface area contributed by atoms with Crippen LogP contribution >= 0.6 is 39.1 Å². The van der Waals surface area contributed by atoms with E-state index in [-0.39, 0.29) is 5.82 Å². The summed E-state index contributed by atoms with van der Waals surface area (Å²) < 4.78 is 16.5. The molecule has 0 bridgehead atoms. The van der Waals surface area contributed by atoms with Crippen molar-refractivity contribution in [1.82, 2.24) is 9.55 Å². The van der Waals surface area contributed by atoms with Crippen molar-refractivity contribution in [3.8, 4) is 11.3 Å². The molecule has 0 atom stereocenters. The zero-order valence-corrected chi connectivity index (χ0v) is 15.8. The Hall–Kier alpha value is -1.56. The van der Waals surface area contributed by atoms with Gasteiger partial charge < -0.3 is 9.88 Å². The molecule has 3 aromatic rings. The van der Waals surface area contributed by atoms with Crippen LogP contribution in [0.2, 0.25) is 10.0 Å². The van der Waals surface area contributed by atoms with Crippen molar-refractivity contribution in [2.45, 2.75) is 6.54 Å². The number of aromatic nitrogens is 2. The second kappa shape index (κ2) is 7.13. The lowest BCUT2D eigenvalue weighted by atomic mass is 10.2. The van der Waals surface area contributed by atoms with Crippen LogP contribution in [0, 0.1) is 5.82 Å². The molecule has 2 aromatic carbocycles. The van der Waals surface area contributed by atoms with E-state index in [0.717, 1.165) is 11.3 Å². The van der Waals surface area contributed by atoms with Crippen LogP contribution in [0.1, 0.15) is 5.56 Å². The maximum absolute atomic E-state index is 13.9. The summed E-state index contributed by atoms with van der Waals surface area (Å²) in [5.74, 6) is 0.363. The molecule has 124 valence electrons. The Bertz CT molecular complexity index is 875. The van der Waals surface area contributed by atoms with E-state index in [2.05, 4.69) is 26.2 Å². The first kappa shape index (κ1) is 17.3. The third-order valence-electron chi connectivity index (χ3n) is 3.69. The van der Waals surface area contributed by atoms with Crippen LogP contribution in [-0.4, -0.2) is 9.55 Å². The molecule has 1 aromatic heterocycles. The van der Waals surface area contributed by atoms with Gasteiger partial charge in [0.15, 0.2) is 0 Å². The normalized spacial score (nSPS) is 10.9. The quantitative estimate of drug-likeness (QED) is 0.559. The van der Waals surface area contributed by atoms with Gasteiger partial charge in [0.1, 0.15) is 5.82 Å². The number of hydrogen-bond donors (Lipinski definition) is 1. The van der Waals surface area contributed by atoms with Crippen molar-refractivity contribution < 1.29 is 4.39 Å². The molecular weight excluding hydrogens is 416 g/mol. The minimum absolute atomic E-state index is 0.268. The first-order chi connectivity index (χ1) is 11.5. The number of hydrogen-bond acceptors (Lipinski definition) is 2. The summed E-state index contributed by atoms with van der Waals surface area (Å²) in [5, 5.41) is 4.14. The molecule has 1 heterocycles. The fourth-order valence-corrected chi connectivity index (χ4v) is 3.15. The topological polar surface area (TPSA) is 29.9 Å². The molecule has 0 aliphatic heterocycles. The number of nitrogens with one attached hydrogen (secondary N) is 1. The largest absolute Gasteiger partial charge is 0.351 e. The number of nitrogens with zero attached hydrogens (tertiary/aromatic N) is 2. The summed E-state index contributed by atoms with van der Waals surface area (Å²) in [7, 11) is 1.88. The van der Waals surface area contributed by atoms with Crippen molar-refractivity contribution in [3.63, 3.8) is 0 Å². The second-order valence-corrected chi connectivity index (χ2v) is 6.88. The highest BCUT2D eigenvalue weighted by molar-refractivity contribution is 9.10. The van der Waals surface area contributed by atoms with Gasteiger partial charge in [-0.3, -0.25) is 0 Å². The summed E-state index contributed by atoms with van der Waals surface area (Å²) in [6.07, 6.45) is 1.73. The molecular formula is C17H13BrCl2FN3. The Morgan fingerprint density at radius 1 is 1.21 bits per heavy atom. The molecule has 0 aliphatic carbocycles. The number of halogens is 4. The van der Waals surface area contributed by atoms with E-state index in [9.17, 15) is 4.39 Å². The van der Waals surface area contributed by atoms with Crippen molar-refractivity contribution in [3.05, 3.63) is 68.5 Å². The van der Waals surface area contributed by atoms with Crippen LogP contribution in [0.3, 0.4) is 0 Å². The summed E-state index contributed by atoms with van der Waals surface area (Å²) in [4.78, 5) is 4.36. The summed E-state index contributed by atoms with van der Waals surface area (Å²) >= 11 is 15.4. The number of imidazole rings is 1. The Morgan fingerprint density at radius 3 is 2.71 bits per heavy atom. The van der Waals surface area contributed by atoms with Crippen molar-refractivity contribution >= 4 is 45.1 Å². The van der Waals surface area contributed by atoms with Crippen LogP contribution in [0.15, 0.2) is 47.1 Å². The van der Waals surface area contributed by atoms with E-state index < -0.39 is 0 Å². The number of anilines is 1. The monoisotopic (exact) mass is 427 g/mol. The first-order valence-corrected chi connectivity index (χ1v) is 8.66. The molecule has 0 radical (unpaired) electrons. The van der Waals surface area contributed by atoms with Crippen LogP contribution in [0.5, 0.6) is 0 Å². The van der Waals surface area contributed by atoms with E-state index in [1.807, 2.05) is 17.7 Å². The minimum atomic E-state index is -0.268. The summed E-state index contributed by atoms with van der Waals surface area (Å²) in [6.45, 7) is 0.318. The molecule has 24 heavy (non-hydrogen) atoms. The Labute approximate surface area is 157 Å². The van der Waals surface area contributed by atoms with Gasteiger partial charge in [-0.2, -0.15) is 0 Å². The SMILES string of the molecule is Cn1c(-c2ccc(Cl)c(Cl)c2)cnc1NCc1c(F)cccc1Br. The van der Waals surface area contributed by atoms with E-state index >= 15 is 0 Å². The Kier molecular flexibility index (Phi) is 5.13. The van der Waals surface area contributed by atoms with Crippen LogP contribution in [-0.2, 0) is 13.6 Å². The third-order valence-corrected chi connectivity index (χ3v) is 5.17. The van der Waals surface area contributed by atoms with Gasteiger partial charge in [0.05, 0.1) is 21.9 Å². The summed E-state index contributed by atoms with van der Waals surface area (Å²) in [5.41, 5.74) is 2.33. The average Bonchev–Trinajstić information content (AvgIpc) is 2.91. The van der Waals surface area contributed by atoms with Gasteiger partial charge in [0, 0.05) is 29.2 Å². The van der Waals surface area contributed by atoms with Crippen molar-refractivity contribution in [2.24, 2.45) is 7.05 Å². The molecule has 1 N–H and O–H groups in total. The highest BCUT2D eigenvalue weighted by atomic mass is 79.9. The zero-order chi connectivity index (χ0) is 17.3. The zero-order valence-electron chi connectivity index (χ0n) is 12.7. The van der Waals surface area contributed by atoms with E-state index in [0.29, 0.717) is 32.6 Å². The van der Waals surface area contributed by atoms with Gasteiger partial charge >= 0.3 is 0 Å². The molecule has 3 rings (SSSR count). The van der Waals surface area contributed by atoms with Gasteiger partial charge in [-0.1, -0.05) is 51.3 Å². The number of rotatable bonds is 4. The fourth-order valence-electron chi connectivity index (χ4n) is 2.37. The predicted octanol–water partition coefficient (Wildman–Crippen LogP) is 5.91. The first-order valence-electron chi connectivity index (χ1n) is 7.11. The second-order valence-electron chi connectivity index (χ2n) is 5.21. The molecule has 0 spiro atoms. The van der Waals surface area contributed by atoms with Gasteiger partial charge in [0.2, 0.25) is 5.95 Å². The molecule has 3 nitrogen and oxygen atoms in total. The maximum Gasteiger partial charge on any atom is 0.203 e. The van der Waals surface area contributed by atoms with E-state index in [1.54, 1.807) is 30.5 Å². The standard InChI is InChI=1S/C17H13BrCl2FN3/c1-24-16(10-5-6-13(19)14(20)7-10)9-23-17(24)22-8-11-12(18)3-2-4-15(11)21/h2-7,9H,8H2,1H3,(H,22,23). The van der Waals surface area contributed by atoms with Crippen molar-refractivity contribution in [2.75, 3.05) is 5.32 Å². The van der Waals surface area contributed by atoms with E-state index in [1.165, 1.54) is 6.07 Å². The van der Waals surface area contributed by atoms with Crippen LogP contribution < -0.4 is 5.32 Å². The van der Waals surface area contributed by atoms with Crippen LogP contribution in [0.25, 0.3) is 11.3 Å². The van der Waals surface area contributed by atoms with Gasteiger partial charge in [-0.15, -0.1) is 0 Å². The molecule has 7 heteroatoms. The lowest BCUT2D eigenvalue weighted by Gasteiger charge is -2.10. The van der Waals surface area contributed by atoms with Gasteiger partial charge in [-0.25, -0.2) is 9.37 Å². The molecule has 0 fully saturated rings. The molecule has 0 amide bonds. The minimum Gasteiger partial charge on any atom is -0.351 e. The lowest BCUT2D eigenvalue weighted by molar-refractivity contribution is 0.611. The Morgan fingerprint density at radius 2 is 2.00 bits per heavy atom. The molecule has 0 saturated carbocycles. The highest BCUT2D eigenvalue weighted by Crippen LogP contribution is 2.29. The number of benzene rings is 2.